The Morgan fingerprint density at radius 3 is 1.88 bits per heavy atom. The second kappa shape index (κ2) is 11.5. The van der Waals surface area contributed by atoms with E-state index in [0.717, 1.165) is 0 Å². The van der Waals surface area contributed by atoms with Gasteiger partial charge in [-0.15, -0.1) is 0 Å². The number of nitrogens with two attached hydrogens (primary N) is 3. The molecule has 10 heteroatoms. The number of aliphatic carboxylic acids is 1. The Morgan fingerprint density at radius 1 is 0.906 bits per heavy atom. The van der Waals surface area contributed by atoms with Crippen LogP contribution in [0.25, 0.3) is 0 Å². The summed E-state index contributed by atoms with van der Waals surface area (Å²) >= 11 is 0. The molecule has 0 aliphatic rings. The van der Waals surface area contributed by atoms with Gasteiger partial charge < -0.3 is 31.8 Å². The number of carbonyl (C=O) groups is 3. The number of benzene rings is 2. The molecular formula is C22H26N4O6. The molecule has 2 aromatic rings. The normalized spacial score (nSPS) is 13.3. The third-order valence-electron chi connectivity index (χ3n) is 4.67. The molecule has 7 N–H and O–H groups in total. The van der Waals surface area contributed by atoms with Gasteiger partial charge in [-0.25, -0.2) is 9.59 Å². The van der Waals surface area contributed by atoms with E-state index in [1.54, 1.807) is 60.7 Å². The van der Waals surface area contributed by atoms with Gasteiger partial charge in [-0.3, -0.25) is 9.79 Å². The fourth-order valence-corrected chi connectivity index (χ4v) is 2.90. The van der Waals surface area contributed by atoms with E-state index in [-0.39, 0.29) is 32.1 Å². The van der Waals surface area contributed by atoms with Gasteiger partial charge in [-0.1, -0.05) is 60.7 Å². The summed E-state index contributed by atoms with van der Waals surface area (Å²) in [6, 6.07) is 17.4. The Kier molecular flexibility index (Phi) is 8.72. The number of aliphatic imine (C=N–C) groups is 1. The summed E-state index contributed by atoms with van der Waals surface area (Å²) in [6.07, 6.45) is -0.255. The van der Waals surface area contributed by atoms with Gasteiger partial charge in [0.15, 0.2) is 5.96 Å². The number of nitrogens with zero attached hydrogens (tertiary/aromatic N) is 1. The number of carbonyl (C=O) groups excluding carboxylic acids is 2. The highest BCUT2D eigenvalue weighted by Gasteiger charge is 2.54. The van der Waals surface area contributed by atoms with Crippen LogP contribution in [0.4, 0.5) is 0 Å². The molecule has 0 aliphatic carbocycles. The lowest BCUT2D eigenvalue weighted by Crippen LogP contribution is -2.63. The fraction of sp³-hybridized carbons (Fsp3) is 0.273. The van der Waals surface area contributed by atoms with Crippen molar-refractivity contribution in [1.82, 2.24) is 0 Å². The van der Waals surface area contributed by atoms with Gasteiger partial charge in [-0.05, 0) is 17.5 Å². The first-order chi connectivity index (χ1) is 15.2. The summed E-state index contributed by atoms with van der Waals surface area (Å²) in [5.74, 6) is -5.86. The number of esters is 2. The lowest BCUT2D eigenvalue weighted by molar-refractivity contribution is -0.173. The molecule has 2 rings (SSSR count). The second-order valence-corrected chi connectivity index (χ2v) is 6.98. The maximum atomic E-state index is 12.8. The second-order valence-electron chi connectivity index (χ2n) is 6.98. The van der Waals surface area contributed by atoms with E-state index < -0.39 is 29.4 Å². The molecule has 0 spiro atoms. The van der Waals surface area contributed by atoms with Gasteiger partial charge in [0.25, 0.3) is 0 Å². The van der Waals surface area contributed by atoms with Crippen LogP contribution in [0.2, 0.25) is 0 Å². The topological polar surface area (TPSA) is 180 Å². The van der Waals surface area contributed by atoms with Crippen LogP contribution in [0.1, 0.15) is 17.5 Å². The van der Waals surface area contributed by atoms with Crippen molar-refractivity contribution < 1.29 is 29.0 Å². The van der Waals surface area contributed by atoms with Gasteiger partial charge in [0.1, 0.15) is 13.2 Å². The van der Waals surface area contributed by atoms with E-state index in [2.05, 4.69) is 4.99 Å². The number of hydrogen-bond donors (Lipinski definition) is 4. The Morgan fingerprint density at radius 2 is 1.41 bits per heavy atom. The lowest BCUT2D eigenvalue weighted by atomic mass is 9.82. The summed E-state index contributed by atoms with van der Waals surface area (Å²) in [6.45, 7) is -0.496. The van der Waals surface area contributed by atoms with E-state index >= 15 is 0 Å². The van der Waals surface area contributed by atoms with E-state index in [1.807, 2.05) is 0 Å². The van der Waals surface area contributed by atoms with Crippen LogP contribution < -0.4 is 17.2 Å². The third kappa shape index (κ3) is 6.54. The van der Waals surface area contributed by atoms with E-state index in [9.17, 15) is 19.5 Å². The van der Waals surface area contributed by atoms with Crippen LogP contribution in [0.3, 0.4) is 0 Å². The molecule has 0 saturated carbocycles. The first-order valence-corrected chi connectivity index (χ1v) is 9.74. The largest absolute Gasteiger partial charge is 0.479 e. The average Bonchev–Trinajstić information content (AvgIpc) is 2.79. The summed E-state index contributed by atoms with van der Waals surface area (Å²) in [5, 5.41) is 9.79. The Labute approximate surface area is 185 Å². The predicted molar refractivity (Wildman–Crippen MR) is 116 cm³/mol. The highest BCUT2D eigenvalue weighted by molar-refractivity contribution is 6.07. The minimum Gasteiger partial charge on any atom is -0.479 e. The molecular weight excluding hydrogens is 416 g/mol. The highest BCUT2D eigenvalue weighted by atomic mass is 16.5. The molecule has 0 aliphatic heterocycles. The molecule has 0 aromatic heterocycles. The maximum Gasteiger partial charge on any atom is 0.339 e. The van der Waals surface area contributed by atoms with Crippen LogP contribution in [0.15, 0.2) is 65.7 Å². The zero-order chi connectivity index (χ0) is 23.6. The van der Waals surface area contributed by atoms with Crippen LogP contribution in [0, 0.1) is 5.92 Å². The van der Waals surface area contributed by atoms with Crippen molar-refractivity contribution in [3.05, 3.63) is 71.8 Å². The first kappa shape index (κ1) is 24.4. The van der Waals surface area contributed by atoms with Crippen molar-refractivity contribution >= 4 is 23.9 Å². The van der Waals surface area contributed by atoms with Crippen molar-refractivity contribution in [2.75, 3.05) is 6.54 Å². The van der Waals surface area contributed by atoms with Crippen molar-refractivity contribution in [3.63, 3.8) is 0 Å². The Hall–Kier alpha value is -3.92. The maximum absolute atomic E-state index is 12.8. The molecule has 170 valence electrons. The fourth-order valence-electron chi connectivity index (χ4n) is 2.90. The summed E-state index contributed by atoms with van der Waals surface area (Å²) in [7, 11) is 0. The van der Waals surface area contributed by atoms with Gasteiger partial charge in [0.2, 0.25) is 5.54 Å². The Bertz CT molecular complexity index is 947. The zero-order valence-electron chi connectivity index (χ0n) is 17.3. The van der Waals surface area contributed by atoms with Crippen LogP contribution in [-0.2, 0) is 37.1 Å². The average molecular weight is 442 g/mol. The predicted octanol–water partition coefficient (Wildman–Crippen LogP) is 0.535. The van der Waals surface area contributed by atoms with E-state index in [0.29, 0.717) is 11.1 Å². The minimum atomic E-state index is -2.71. The molecule has 2 atom stereocenters. The van der Waals surface area contributed by atoms with E-state index in [1.165, 1.54) is 0 Å². The molecule has 0 bridgehead atoms. The SMILES string of the molecule is NC(N)=NCCC(C(=O)OCc1ccccc1)C(N)(C(=O)O)C(=O)OCc1ccccc1. The molecule has 2 aromatic carbocycles. The van der Waals surface area contributed by atoms with Crippen molar-refractivity contribution in [2.24, 2.45) is 28.1 Å². The number of rotatable bonds is 11. The molecule has 0 radical (unpaired) electrons. The quantitative estimate of drug-likeness (QED) is 0.167. The summed E-state index contributed by atoms with van der Waals surface area (Å²) in [4.78, 5) is 41.4. The van der Waals surface area contributed by atoms with Crippen LogP contribution >= 0.6 is 0 Å². The van der Waals surface area contributed by atoms with Gasteiger partial charge >= 0.3 is 17.9 Å². The zero-order valence-corrected chi connectivity index (χ0v) is 17.3. The molecule has 32 heavy (non-hydrogen) atoms. The number of carboxylic acids is 1. The molecule has 10 nitrogen and oxygen atoms in total. The monoisotopic (exact) mass is 442 g/mol. The summed E-state index contributed by atoms with van der Waals surface area (Å²) in [5.41, 5.74) is 15.2. The van der Waals surface area contributed by atoms with Crippen molar-refractivity contribution in [3.8, 4) is 0 Å². The first-order valence-electron chi connectivity index (χ1n) is 9.74. The number of hydrogen-bond acceptors (Lipinski definition) is 7. The van der Waals surface area contributed by atoms with Crippen molar-refractivity contribution in [2.45, 2.75) is 25.2 Å². The molecule has 0 saturated heterocycles. The smallest absolute Gasteiger partial charge is 0.339 e. The summed E-state index contributed by atoms with van der Waals surface area (Å²) < 4.78 is 10.4. The van der Waals surface area contributed by atoms with Crippen LogP contribution in [-0.4, -0.2) is 41.1 Å². The molecule has 2 unspecified atom stereocenters. The van der Waals surface area contributed by atoms with Gasteiger partial charge in [0.05, 0.1) is 5.92 Å². The number of ether oxygens (including phenoxy) is 2. The Balaban J connectivity index is 2.23. The molecule has 0 heterocycles. The highest BCUT2D eigenvalue weighted by Crippen LogP contribution is 2.24. The molecule has 0 fully saturated rings. The van der Waals surface area contributed by atoms with Gasteiger partial charge in [-0.2, -0.15) is 0 Å². The number of carboxylic acid groups (broad SMARTS) is 1. The number of guanidine groups is 1. The standard InChI is InChI=1S/C22H26N4O6/c23-21(24)26-12-11-17(18(27)31-13-15-7-3-1-4-8-15)22(25,19(28)29)20(30)32-14-16-9-5-2-6-10-16/h1-10,17H,11-14,25H2,(H,28,29)(H4,23,24,26). The minimum absolute atomic E-state index is 0.132. The van der Waals surface area contributed by atoms with Crippen LogP contribution in [0.5, 0.6) is 0 Å². The van der Waals surface area contributed by atoms with Crippen molar-refractivity contribution in [1.29, 1.82) is 0 Å². The molecule has 0 amide bonds. The van der Waals surface area contributed by atoms with Gasteiger partial charge in [0, 0.05) is 6.54 Å². The lowest BCUT2D eigenvalue weighted by Gasteiger charge is -2.29. The third-order valence-corrected chi connectivity index (χ3v) is 4.67. The van der Waals surface area contributed by atoms with E-state index in [4.69, 9.17) is 26.7 Å².